The molecule has 0 saturated carbocycles. The van der Waals surface area contributed by atoms with Gasteiger partial charge in [-0.1, -0.05) is 37.6 Å². The first kappa shape index (κ1) is 18.8. The molecule has 0 heterocycles. The van der Waals surface area contributed by atoms with E-state index in [1.807, 2.05) is 23.9 Å². The van der Waals surface area contributed by atoms with Crippen LogP contribution >= 0.6 is 23.4 Å². The van der Waals surface area contributed by atoms with Crippen molar-refractivity contribution in [3.05, 3.63) is 34.9 Å². The van der Waals surface area contributed by atoms with Crippen LogP contribution in [0.5, 0.6) is 0 Å². The van der Waals surface area contributed by atoms with Crippen molar-refractivity contribution in [2.24, 2.45) is 0 Å². The first-order valence-electron chi connectivity index (χ1n) is 7.84. The molecule has 0 fully saturated rings. The normalized spacial score (nSPS) is 14.1. The molecule has 0 aliphatic carbocycles. The maximum atomic E-state index is 9.68. The topological polar surface area (TPSA) is 32.3 Å². The van der Waals surface area contributed by atoms with E-state index in [2.05, 4.69) is 31.3 Å². The van der Waals surface area contributed by atoms with E-state index in [0.717, 1.165) is 48.8 Å². The molecular formula is C17H28ClNOS. The number of rotatable bonds is 11. The summed E-state index contributed by atoms with van der Waals surface area (Å²) >= 11 is 7.83. The maximum Gasteiger partial charge on any atom is 0.0613 e. The fourth-order valence-electron chi connectivity index (χ4n) is 2.31. The van der Waals surface area contributed by atoms with Crippen molar-refractivity contribution in [1.29, 1.82) is 0 Å². The summed E-state index contributed by atoms with van der Waals surface area (Å²) in [6.07, 6.45) is 4.25. The lowest BCUT2D eigenvalue weighted by Gasteiger charge is -2.32. The van der Waals surface area contributed by atoms with Gasteiger partial charge in [0.1, 0.15) is 0 Å². The predicted octanol–water partition coefficient (Wildman–Crippen LogP) is 4.49. The number of hydrogen-bond acceptors (Lipinski definition) is 3. The highest BCUT2D eigenvalue weighted by molar-refractivity contribution is 7.98. The van der Waals surface area contributed by atoms with Gasteiger partial charge in [0.25, 0.3) is 0 Å². The molecule has 0 saturated heterocycles. The van der Waals surface area contributed by atoms with Gasteiger partial charge in [-0.3, -0.25) is 0 Å². The van der Waals surface area contributed by atoms with Crippen molar-refractivity contribution in [1.82, 2.24) is 5.32 Å². The van der Waals surface area contributed by atoms with E-state index in [4.69, 9.17) is 11.6 Å². The third kappa shape index (κ3) is 7.05. The van der Waals surface area contributed by atoms with Crippen molar-refractivity contribution in [2.45, 2.75) is 50.8 Å². The van der Waals surface area contributed by atoms with Gasteiger partial charge in [0.05, 0.1) is 6.61 Å². The van der Waals surface area contributed by atoms with Crippen molar-refractivity contribution in [3.8, 4) is 0 Å². The summed E-state index contributed by atoms with van der Waals surface area (Å²) in [5, 5.41) is 14.0. The Morgan fingerprint density at radius 1 is 1.24 bits per heavy atom. The van der Waals surface area contributed by atoms with Crippen LogP contribution in [0.25, 0.3) is 0 Å². The van der Waals surface area contributed by atoms with Crippen LogP contribution in [0.4, 0.5) is 0 Å². The van der Waals surface area contributed by atoms with Gasteiger partial charge < -0.3 is 10.4 Å². The van der Waals surface area contributed by atoms with E-state index in [1.165, 1.54) is 5.56 Å². The van der Waals surface area contributed by atoms with Gasteiger partial charge in [-0.2, -0.15) is 11.8 Å². The Labute approximate surface area is 138 Å². The van der Waals surface area contributed by atoms with Gasteiger partial charge in [0, 0.05) is 16.3 Å². The number of nitrogens with one attached hydrogen (secondary N) is 1. The molecule has 4 heteroatoms. The lowest BCUT2D eigenvalue weighted by molar-refractivity contribution is 0.146. The molecule has 0 aliphatic rings. The van der Waals surface area contributed by atoms with Crippen LogP contribution in [0.2, 0.25) is 5.02 Å². The average Bonchev–Trinajstić information content (AvgIpc) is 2.52. The minimum Gasteiger partial charge on any atom is -0.394 e. The number of thioether (sulfide) groups is 1. The molecule has 1 aromatic rings. The fraction of sp³-hybridized carbons (Fsp3) is 0.647. The van der Waals surface area contributed by atoms with Crippen LogP contribution in [0, 0.1) is 0 Å². The average molecular weight is 330 g/mol. The summed E-state index contributed by atoms with van der Waals surface area (Å²) in [6.45, 7) is 5.52. The van der Waals surface area contributed by atoms with E-state index in [0.29, 0.717) is 0 Å². The third-order valence-corrected chi connectivity index (χ3v) is 5.22. The molecule has 0 bridgehead atoms. The zero-order valence-corrected chi connectivity index (χ0v) is 14.8. The molecule has 0 amide bonds. The largest absolute Gasteiger partial charge is 0.394 e. The van der Waals surface area contributed by atoms with E-state index in [9.17, 15) is 5.11 Å². The Morgan fingerprint density at radius 3 is 2.52 bits per heavy atom. The quantitative estimate of drug-likeness (QED) is 0.586. The number of aliphatic hydroxyl groups is 1. The highest BCUT2D eigenvalue weighted by Gasteiger charge is 2.25. The van der Waals surface area contributed by atoms with Gasteiger partial charge in [-0.05, 0) is 55.7 Å². The van der Waals surface area contributed by atoms with Gasteiger partial charge in [-0.15, -0.1) is 0 Å². The zero-order chi connectivity index (χ0) is 15.6. The summed E-state index contributed by atoms with van der Waals surface area (Å²) in [4.78, 5) is 0. The molecular weight excluding hydrogens is 302 g/mol. The lowest BCUT2D eigenvalue weighted by atomic mass is 9.91. The Bertz CT molecular complexity index is 379. The van der Waals surface area contributed by atoms with Crippen molar-refractivity contribution < 1.29 is 5.11 Å². The first-order chi connectivity index (χ1) is 10.2. The minimum atomic E-state index is -0.0865. The van der Waals surface area contributed by atoms with Crippen LogP contribution in [0.1, 0.15) is 45.1 Å². The molecule has 1 unspecified atom stereocenters. The second-order valence-corrected chi connectivity index (χ2v) is 7.04. The van der Waals surface area contributed by atoms with E-state index in [-0.39, 0.29) is 12.1 Å². The summed E-state index contributed by atoms with van der Waals surface area (Å²) in [5.74, 6) is 2.15. The Hall–Kier alpha value is -0.220. The van der Waals surface area contributed by atoms with Crippen LogP contribution in [0.15, 0.2) is 24.3 Å². The first-order valence-corrected chi connectivity index (χ1v) is 9.37. The zero-order valence-electron chi connectivity index (χ0n) is 13.2. The Kier molecular flexibility index (Phi) is 9.41. The number of hydrogen-bond donors (Lipinski definition) is 2. The number of aliphatic hydroxyl groups excluding tert-OH is 1. The summed E-state index contributed by atoms with van der Waals surface area (Å²) in [7, 11) is 0. The molecule has 2 nitrogen and oxygen atoms in total. The van der Waals surface area contributed by atoms with Crippen LogP contribution < -0.4 is 5.32 Å². The molecule has 0 radical (unpaired) electrons. The van der Waals surface area contributed by atoms with Crippen LogP contribution in [-0.2, 0) is 5.75 Å². The van der Waals surface area contributed by atoms with Crippen molar-refractivity contribution in [3.63, 3.8) is 0 Å². The van der Waals surface area contributed by atoms with Crippen LogP contribution in [-0.4, -0.2) is 29.5 Å². The molecule has 0 aromatic heterocycles. The van der Waals surface area contributed by atoms with Gasteiger partial charge in [0.2, 0.25) is 0 Å². The summed E-state index contributed by atoms with van der Waals surface area (Å²) in [5.41, 5.74) is 1.23. The molecule has 21 heavy (non-hydrogen) atoms. The summed E-state index contributed by atoms with van der Waals surface area (Å²) < 4.78 is 0. The second kappa shape index (κ2) is 10.5. The standard InChI is InChI=1S/C17H28ClNOS/c1-3-11-19-17(4-2,14-20)10-5-12-21-13-15-6-8-16(18)9-7-15/h6-9,19-20H,3-5,10-14H2,1-2H3. The fourth-order valence-corrected chi connectivity index (χ4v) is 3.36. The maximum absolute atomic E-state index is 9.68. The highest BCUT2D eigenvalue weighted by Crippen LogP contribution is 2.21. The van der Waals surface area contributed by atoms with Crippen LogP contribution in [0.3, 0.4) is 0 Å². The predicted molar refractivity (Wildman–Crippen MR) is 95.2 cm³/mol. The Balaban J connectivity index is 2.26. The van der Waals surface area contributed by atoms with E-state index >= 15 is 0 Å². The second-order valence-electron chi connectivity index (χ2n) is 5.50. The third-order valence-electron chi connectivity index (χ3n) is 3.86. The van der Waals surface area contributed by atoms with Gasteiger partial charge >= 0.3 is 0 Å². The summed E-state index contributed by atoms with van der Waals surface area (Å²) in [6, 6.07) is 8.06. The number of benzene rings is 1. The lowest BCUT2D eigenvalue weighted by Crippen LogP contribution is -2.48. The number of halogens is 1. The van der Waals surface area contributed by atoms with Crippen molar-refractivity contribution in [2.75, 3.05) is 18.9 Å². The van der Waals surface area contributed by atoms with E-state index < -0.39 is 0 Å². The molecule has 0 spiro atoms. The van der Waals surface area contributed by atoms with Gasteiger partial charge in [-0.25, -0.2) is 0 Å². The van der Waals surface area contributed by atoms with E-state index in [1.54, 1.807) is 0 Å². The molecule has 0 aliphatic heterocycles. The Morgan fingerprint density at radius 2 is 1.95 bits per heavy atom. The van der Waals surface area contributed by atoms with Crippen molar-refractivity contribution >= 4 is 23.4 Å². The molecule has 2 N–H and O–H groups in total. The SMILES string of the molecule is CCCNC(CC)(CO)CCCSCc1ccc(Cl)cc1. The molecule has 1 rings (SSSR count). The molecule has 120 valence electrons. The minimum absolute atomic E-state index is 0.0865. The highest BCUT2D eigenvalue weighted by atomic mass is 35.5. The monoisotopic (exact) mass is 329 g/mol. The molecule has 1 atom stereocenters. The molecule has 1 aromatic carbocycles. The van der Waals surface area contributed by atoms with Gasteiger partial charge in [0.15, 0.2) is 0 Å². The smallest absolute Gasteiger partial charge is 0.0613 e.